The third kappa shape index (κ3) is 4.30. The van der Waals surface area contributed by atoms with Gasteiger partial charge in [0.2, 0.25) is 0 Å². The first kappa shape index (κ1) is 15.6. The second kappa shape index (κ2) is 7.22. The molecule has 4 nitrogen and oxygen atoms in total. The molecule has 1 aromatic rings. The van der Waals surface area contributed by atoms with Gasteiger partial charge < -0.3 is 4.74 Å². The second-order valence-corrected chi connectivity index (χ2v) is 5.42. The first-order chi connectivity index (χ1) is 8.99. The lowest BCUT2D eigenvalue weighted by atomic mass is 9.91. The summed E-state index contributed by atoms with van der Waals surface area (Å²) in [7, 11) is 1.63. The van der Waals surface area contributed by atoms with E-state index < -0.39 is 0 Å². The molecule has 0 saturated carbocycles. The van der Waals surface area contributed by atoms with Crippen molar-refractivity contribution in [1.82, 2.24) is 0 Å². The first-order valence-electron chi connectivity index (χ1n) is 6.01. The maximum absolute atomic E-state index is 8.69. The molecule has 0 N–H and O–H groups in total. The highest BCUT2D eigenvalue weighted by molar-refractivity contribution is 9.10. The van der Waals surface area contributed by atoms with Crippen LogP contribution in [-0.2, 0) is 6.42 Å². The summed E-state index contributed by atoms with van der Waals surface area (Å²) in [5.41, 5.74) is 10.8. The van der Waals surface area contributed by atoms with Gasteiger partial charge in [-0.05, 0) is 42.5 Å². The minimum Gasteiger partial charge on any atom is -0.497 e. The van der Waals surface area contributed by atoms with Gasteiger partial charge in [0.05, 0.1) is 7.11 Å². The molecule has 0 aliphatic heterocycles. The molecular weight excluding hydrogens is 306 g/mol. The minimum absolute atomic E-state index is 0.132. The Bertz CT molecular complexity index is 509. The van der Waals surface area contributed by atoms with Crippen molar-refractivity contribution in [3.8, 4) is 5.75 Å². The smallest absolute Gasteiger partial charge is 0.120 e. The summed E-state index contributed by atoms with van der Waals surface area (Å²) in [6, 6.07) is 5.66. The van der Waals surface area contributed by atoms with Crippen molar-refractivity contribution in [2.75, 3.05) is 7.11 Å². The van der Waals surface area contributed by atoms with E-state index in [9.17, 15) is 0 Å². The van der Waals surface area contributed by atoms with E-state index in [1.54, 1.807) is 7.11 Å². The van der Waals surface area contributed by atoms with Crippen LogP contribution in [0.25, 0.3) is 10.4 Å². The SMILES string of the molecule is C=C(C)[C@H](C)[C@@H](Cc1ccc(OC)cc1Br)N=[N+]=[N-]. The molecule has 0 unspecified atom stereocenters. The molecule has 1 aromatic carbocycles. The predicted octanol–water partition coefficient (Wildman–Crippen LogP) is 4.89. The van der Waals surface area contributed by atoms with Gasteiger partial charge >= 0.3 is 0 Å². The highest BCUT2D eigenvalue weighted by atomic mass is 79.9. The first-order valence-corrected chi connectivity index (χ1v) is 6.81. The van der Waals surface area contributed by atoms with E-state index in [1.807, 2.05) is 32.0 Å². The van der Waals surface area contributed by atoms with Crippen molar-refractivity contribution in [1.29, 1.82) is 0 Å². The zero-order chi connectivity index (χ0) is 14.4. The van der Waals surface area contributed by atoms with Crippen LogP contribution in [0.3, 0.4) is 0 Å². The molecule has 102 valence electrons. The van der Waals surface area contributed by atoms with Gasteiger partial charge in [-0.25, -0.2) is 0 Å². The van der Waals surface area contributed by atoms with Gasteiger partial charge in [-0.15, -0.1) is 0 Å². The molecule has 0 bridgehead atoms. The van der Waals surface area contributed by atoms with Crippen molar-refractivity contribution in [2.45, 2.75) is 26.3 Å². The molecule has 0 amide bonds. The van der Waals surface area contributed by atoms with Crippen LogP contribution in [0.4, 0.5) is 0 Å². The van der Waals surface area contributed by atoms with Crippen LogP contribution in [-0.4, -0.2) is 13.2 Å². The summed E-state index contributed by atoms with van der Waals surface area (Å²) >= 11 is 3.52. The van der Waals surface area contributed by atoms with Crippen LogP contribution in [0.5, 0.6) is 5.75 Å². The number of hydrogen-bond acceptors (Lipinski definition) is 2. The second-order valence-electron chi connectivity index (χ2n) is 4.57. The molecule has 0 radical (unpaired) electrons. The normalized spacial score (nSPS) is 13.3. The molecule has 2 atom stereocenters. The van der Waals surface area contributed by atoms with E-state index in [0.29, 0.717) is 6.42 Å². The third-order valence-electron chi connectivity index (χ3n) is 3.24. The topological polar surface area (TPSA) is 58.0 Å². The minimum atomic E-state index is -0.132. The molecule has 5 heteroatoms. The maximum atomic E-state index is 8.69. The average Bonchev–Trinajstić information content (AvgIpc) is 2.39. The third-order valence-corrected chi connectivity index (χ3v) is 3.98. The number of azide groups is 1. The monoisotopic (exact) mass is 323 g/mol. The molecule has 0 spiro atoms. The Labute approximate surface area is 122 Å². The largest absolute Gasteiger partial charge is 0.497 e. The zero-order valence-corrected chi connectivity index (χ0v) is 13.0. The van der Waals surface area contributed by atoms with Gasteiger partial charge in [0, 0.05) is 15.4 Å². The van der Waals surface area contributed by atoms with Crippen LogP contribution in [0.15, 0.2) is 39.9 Å². The molecule has 1 rings (SSSR count). The van der Waals surface area contributed by atoms with Crippen LogP contribution < -0.4 is 4.74 Å². The number of nitrogens with zero attached hydrogens (tertiary/aromatic N) is 3. The number of methoxy groups -OCH3 is 1. The van der Waals surface area contributed by atoms with E-state index >= 15 is 0 Å². The zero-order valence-electron chi connectivity index (χ0n) is 11.4. The lowest BCUT2D eigenvalue weighted by Gasteiger charge is -2.20. The number of rotatable bonds is 6. The van der Waals surface area contributed by atoms with Gasteiger partial charge in [-0.3, -0.25) is 0 Å². The number of benzene rings is 1. The van der Waals surface area contributed by atoms with Gasteiger partial charge in [-0.2, -0.15) is 0 Å². The van der Waals surface area contributed by atoms with Gasteiger partial charge in [0.15, 0.2) is 0 Å². The number of halogens is 1. The molecule has 0 saturated heterocycles. The van der Waals surface area contributed by atoms with Crippen LogP contribution >= 0.6 is 15.9 Å². The molecule has 0 aromatic heterocycles. The van der Waals surface area contributed by atoms with Gasteiger partial charge in [-0.1, -0.05) is 46.2 Å². The van der Waals surface area contributed by atoms with Crippen molar-refractivity contribution in [3.63, 3.8) is 0 Å². The standard InChI is InChI=1S/C14H18BrN3O/c1-9(2)10(3)14(17-18-16)7-11-5-6-12(19-4)8-13(11)15/h5-6,8,10,14H,1,7H2,2-4H3/t10-,14+/m0/s1. The summed E-state index contributed by atoms with van der Waals surface area (Å²) in [5.74, 6) is 0.939. The van der Waals surface area contributed by atoms with Crippen molar-refractivity contribution in [3.05, 3.63) is 50.8 Å². The molecule has 19 heavy (non-hydrogen) atoms. The fourth-order valence-electron chi connectivity index (χ4n) is 1.76. The fourth-order valence-corrected chi connectivity index (χ4v) is 2.28. The number of ether oxygens (including phenoxy) is 1. The van der Waals surface area contributed by atoms with Crippen LogP contribution in [0, 0.1) is 5.92 Å². The van der Waals surface area contributed by atoms with E-state index in [2.05, 4.69) is 32.5 Å². The average molecular weight is 324 g/mol. The summed E-state index contributed by atoms with van der Waals surface area (Å²) < 4.78 is 6.12. The fraction of sp³-hybridized carbons (Fsp3) is 0.429. The van der Waals surface area contributed by atoms with E-state index in [0.717, 1.165) is 21.4 Å². The van der Waals surface area contributed by atoms with Crippen molar-refractivity contribution < 1.29 is 4.74 Å². The quantitative estimate of drug-likeness (QED) is 0.318. The number of hydrogen-bond donors (Lipinski definition) is 0. The Hall–Kier alpha value is -1.45. The summed E-state index contributed by atoms with van der Waals surface area (Å²) in [4.78, 5) is 2.94. The van der Waals surface area contributed by atoms with E-state index in [4.69, 9.17) is 10.3 Å². The lowest BCUT2D eigenvalue weighted by Crippen LogP contribution is -2.19. The highest BCUT2D eigenvalue weighted by Crippen LogP contribution is 2.27. The Morgan fingerprint density at radius 2 is 2.26 bits per heavy atom. The maximum Gasteiger partial charge on any atom is 0.120 e. The summed E-state index contributed by atoms with van der Waals surface area (Å²) in [6.07, 6.45) is 0.669. The van der Waals surface area contributed by atoms with Gasteiger partial charge in [0.25, 0.3) is 0 Å². The predicted molar refractivity (Wildman–Crippen MR) is 81.3 cm³/mol. The molecular formula is C14H18BrN3O. The molecule has 0 heterocycles. The molecule has 0 fully saturated rings. The Kier molecular flexibility index (Phi) is 5.93. The summed E-state index contributed by atoms with van der Waals surface area (Å²) in [5, 5.41) is 3.89. The van der Waals surface area contributed by atoms with E-state index in [1.165, 1.54) is 0 Å². The van der Waals surface area contributed by atoms with E-state index in [-0.39, 0.29) is 12.0 Å². The van der Waals surface area contributed by atoms with Crippen molar-refractivity contribution >= 4 is 15.9 Å². The lowest BCUT2D eigenvalue weighted by molar-refractivity contribution is 0.414. The summed E-state index contributed by atoms with van der Waals surface area (Å²) in [6.45, 7) is 7.91. The highest BCUT2D eigenvalue weighted by Gasteiger charge is 2.18. The van der Waals surface area contributed by atoms with Crippen molar-refractivity contribution in [2.24, 2.45) is 11.0 Å². The Balaban J connectivity index is 2.97. The van der Waals surface area contributed by atoms with Crippen LogP contribution in [0.1, 0.15) is 19.4 Å². The Morgan fingerprint density at radius 1 is 1.58 bits per heavy atom. The van der Waals surface area contributed by atoms with Gasteiger partial charge in [0.1, 0.15) is 5.75 Å². The Morgan fingerprint density at radius 3 is 2.74 bits per heavy atom. The molecule has 0 aliphatic carbocycles. The molecule has 0 aliphatic rings. The van der Waals surface area contributed by atoms with Crippen LogP contribution in [0.2, 0.25) is 0 Å².